The number of hydrogen-bond acceptors (Lipinski definition) is 5. The minimum atomic E-state index is -3.52. The minimum absolute atomic E-state index is 0.0912. The fraction of sp³-hybridized carbons (Fsp3) is 0.520. The topological polar surface area (TPSA) is 73.8 Å². The summed E-state index contributed by atoms with van der Waals surface area (Å²) in [5.41, 5.74) is 2.36. The van der Waals surface area contributed by atoms with Crippen LogP contribution in [0.25, 0.3) is 0 Å². The van der Waals surface area contributed by atoms with Gasteiger partial charge in [0.25, 0.3) is 0 Å². The Balaban J connectivity index is 1.27. The normalized spacial score (nSPS) is 19.2. The Morgan fingerprint density at radius 1 is 0.939 bits per heavy atom. The van der Waals surface area contributed by atoms with Crippen LogP contribution in [0.5, 0.6) is 0 Å². The molecule has 2 aromatic rings. The first-order valence-electron chi connectivity index (χ1n) is 11.8. The Morgan fingerprint density at radius 3 is 2.12 bits per heavy atom. The van der Waals surface area contributed by atoms with Crippen LogP contribution >= 0.6 is 0 Å². The van der Waals surface area contributed by atoms with Gasteiger partial charge in [-0.05, 0) is 54.2 Å². The molecular formula is C25H34N4O3S. The molecule has 1 amide bonds. The lowest BCUT2D eigenvalue weighted by molar-refractivity contribution is -0.138. The van der Waals surface area contributed by atoms with Crippen LogP contribution in [-0.4, -0.2) is 72.7 Å². The molecule has 0 spiro atoms. The lowest BCUT2D eigenvalue weighted by atomic mass is 9.96. The van der Waals surface area contributed by atoms with Crippen molar-refractivity contribution in [1.82, 2.24) is 19.1 Å². The van der Waals surface area contributed by atoms with Gasteiger partial charge in [0, 0.05) is 64.1 Å². The third-order valence-corrected chi connectivity index (χ3v) is 8.74. The van der Waals surface area contributed by atoms with Crippen LogP contribution < -0.4 is 0 Å². The van der Waals surface area contributed by atoms with Crippen molar-refractivity contribution in [2.45, 2.75) is 44.0 Å². The average molecular weight is 471 g/mol. The van der Waals surface area contributed by atoms with Crippen molar-refractivity contribution in [3.63, 3.8) is 0 Å². The van der Waals surface area contributed by atoms with Gasteiger partial charge in [-0.15, -0.1) is 0 Å². The van der Waals surface area contributed by atoms with E-state index in [1.54, 1.807) is 12.1 Å². The van der Waals surface area contributed by atoms with Gasteiger partial charge in [0.05, 0.1) is 4.90 Å². The van der Waals surface area contributed by atoms with Crippen LogP contribution in [0.1, 0.15) is 43.7 Å². The van der Waals surface area contributed by atoms with Gasteiger partial charge in [-0.2, -0.15) is 4.31 Å². The van der Waals surface area contributed by atoms with E-state index in [9.17, 15) is 13.2 Å². The van der Waals surface area contributed by atoms with Gasteiger partial charge >= 0.3 is 0 Å². The van der Waals surface area contributed by atoms with E-state index < -0.39 is 10.0 Å². The van der Waals surface area contributed by atoms with Gasteiger partial charge < -0.3 is 4.90 Å². The minimum Gasteiger partial charge on any atom is -0.340 e. The van der Waals surface area contributed by atoms with E-state index in [1.807, 2.05) is 41.6 Å². The summed E-state index contributed by atoms with van der Waals surface area (Å²) < 4.78 is 27.6. The van der Waals surface area contributed by atoms with E-state index in [-0.39, 0.29) is 11.8 Å². The molecule has 1 aromatic heterocycles. The maximum Gasteiger partial charge on any atom is 0.243 e. The maximum atomic E-state index is 13.1. The number of amides is 1. The Labute approximate surface area is 197 Å². The van der Waals surface area contributed by atoms with Crippen LogP contribution in [0.15, 0.2) is 53.7 Å². The molecule has 1 aromatic carbocycles. The van der Waals surface area contributed by atoms with Crippen molar-refractivity contribution in [2.24, 2.45) is 5.92 Å². The fourth-order valence-electron chi connectivity index (χ4n) is 4.65. The van der Waals surface area contributed by atoms with Crippen molar-refractivity contribution >= 4 is 15.9 Å². The molecule has 0 saturated carbocycles. The Kier molecular flexibility index (Phi) is 7.46. The van der Waals surface area contributed by atoms with Crippen LogP contribution in [0.2, 0.25) is 0 Å². The van der Waals surface area contributed by atoms with E-state index in [0.29, 0.717) is 36.7 Å². The second-order valence-corrected chi connectivity index (χ2v) is 11.3. The van der Waals surface area contributed by atoms with Gasteiger partial charge in [0.15, 0.2) is 0 Å². The number of benzene rings is 1. The largest absolute Gasteiger partial charge is 0.340 e. The number of rotatable bonds is 6. The predicted octanol–water partition coefficient (Wildman–Crippen LogP) is 2.95. The molecule has 0 unspecified atom stereocenters. The number of hydrogen-bond donors (Lipinski definition) is 0. The predicted molar refractivity (Wildman–Crippen MR) is 128 cm³/mol. The SMILES string of the molecule is CC(C)c1ccc(S(=O)(=O)N2CCC(C(=O)N3CCN(Cc4ccncc4)CC3)CC2)cc1. The lowest BCUT2D eigenvalue weighted by Gasteiger charge is -2.38. The highest BCUT2D eigenvalue weighted by Crippen LogP contribution is 2.26. The molecule has 0 atom stereocenters. The zero-order valence-corrected chi connectivity index (χ0v) is 20.4. The summed E-state index contributed by atoms with van der Waals surface area (Å²) in [6.45, 7) is 9.01. The molecule has 3 heterocycles. The Bertz CT molecular complexity index is 1030. The summed E-state index contributed by atoms with van der Waals surface area (Å²) in [6.07, 6.45) is 4.78. The number of pyridine rings is 1. The fourth-order valence-corrected chi connectivity index (χ4v) is 6.12. The molecule has 8 heteroatoms. The zero-order chi connectivity index (χ0) is 23.4. The molecular weight excluding hydrogens is 436 g/mol. The quantitative estimate of drug-likeness (QED) is 0.649. The second kappa shape index (κ2) is 10.3. The first-order chi connectivity index (χ1) is 15.8. The molecule has 2 aliphatic rings. The van der Waals surface area contributed by atoms with E-state index in [0.717, 1.165) is 38.3 Å². The maximum absolute atomic E-state index is 13.1. The third-order valence-electron chi connectivity index (χ3n) is 6.83. The van der Waals surface area contributed by atoms with E-state index in [4.69, 9.17) is 0 Å². The lowest BCUT2D eigenvalue weighted by Crippen LogP contribution is -2.51. The van der Waals surface area contributed by atoms with Crippen molar-refractivity contribution in [3.05, 3.63) is 59.9 Å². The van der Waals surface area contributed by atoms with Gasteiger partial charge in [-0.25, -0.2) is 8.42 Å². The van der Waals surface area contributed by atoms with Gasteiger partial charge in [0.1, 0.15) is 0 Å². The van der Waals surface area contributed by atoms with Gasteiger partial charge in [0.2, 0.25) is 15.9 Å². The number of carbonyl (C=O) groups is 1. The number of aromatic nitrogens is 1. The molecule has 2 saturated heterocycles. The summed E-state index contributed by atoms with van der Waals surface area (Å²) in [6, 6.07) is 11.2. The molecule has 33 heavy (non-hydrogen) atoms. The molecule has 2 fully saturated rings. The average Bonchev–Trinajstić information content (AvgIpc) is 2.85. The molecule has 0 N–H and O–H groups in total. The van der Waals surface area contributed by atoms with Crippen LogP contribution in [0.4, 0.5) is 0 Å². The molecule has 0 bridgehead atoms. The second-order valence-electron chi connectivity index (χ2n) is 9.36. The molecule has 2 aliphatic heterocycles. The Hall–Kier alpha value is -2.29. The van der Waals surface area contributed by atoms with E-state index in [1.165, 1.54) is 9.87 Å². The van der Waals surface area contributed by atoms with E-state index in [2.05, 4.69) is 23.7 Å². The highest BCUT2D eigenvalue weighted by atomic mass is 32.2. The molecule has 7 nitrogen and oxygen atoms in total. The molecule has 0 radical (unpaired) electrons. The van der Waals surface area contributed by atoms with Crippen molar-refractivity contribution in [2.75, 3.05) is 39.3 Å². The number of carbonyl (C=O) groups excluding carboxylic acids is 1. The van der Waals surface area contributed by atoms with E-state index >= 15 is 0 Å². The first kappa shape index (κ1) is 23.9. The van der Waals surface area contributed by atoms with Crippen molar-refractivity contribution in [3.8, 4) is 0 Å². The summed E-state index contributed by atoms with van der Waals surface area (Å²) in [5, 5.41) is 0. The molecule has 0 aliphatic carbocycles. The summed E-state index contributed by atoms with van der Waals surface area (Å²) in [7, 11) is -3.52. The number of piperazine rings is 1. The molecule has 178 valence electrons. The number of sulfonamides is 1. The summed E-state index contributed by atoms with van der Waals surface area (Å²) in [5.74, 6) is 0.449. The monoisotopic (exact) mass is 470 g/mol. The van der Waals surface area contributed by atoms with Crippen LogP contribution in [-0.2, 0) is 21.4 Å². The first-order valence-corrected chi connectivity index (χ1v) is 13.3. The van der Waals surface area contributed by atoms with Gasteiger partial charge in [-0.1, -0.05) is 26.0 Å². The standard InChI is InChI=1S/C25H34N4O3S/c1-20(2)22-3-5-24(6-4-22)33(31,32)29-13-9-23(10-14-29)25(30)28-17-15-27(16-18-28)19-21-7-11-26-12-8-21/h3-8,11-12,20,23H,9-10,13-19H2,1-2H3. The summed E-state index contributed by atoms with van der Waals surface area (Å²) in [4.78, 5) is 21.8. The zero-order valence-electron chi connectivity index (χ0n) is 19.6. The highest BCUT2D eigenvalue weighted by molar-refractivity contribution is 7.89. The third kappa shape index (κ3) is 5.62. The smallest absolute Gasteiger partial charge is 0.243 e. The van der Waals surface area contributed by atoms with Crippen LogP contribution in [0, 0.1) is 5.92 Å². The summed E-state index contributed by atoms with van der Waals surface area (Å²) >= 11 is 0. The number of nitrogens with zero attached hydrogens (tertiary/aromatic N) is 4. The van der Waals surface area contributed by atoms with Crippen molar-refractivity contribution in [1.29, 1.82) is 0 Å². The molecule has 4 rings (SSSR count). The van der Waals surface area contributed by atoms with Crippen LogP contribution in [0.3, 0.4) is 0 Å². The number of piperidine rings is 1. The Morgan fingerprint density at radius 2 is 1.55 bits per heavy atom. The highest BCUT2D eigenvalue weighted by Gasteiger charge is 2.34. The van der Waals surface area contributed by atoms with Crippen molar-refractivity contribution < 1.29 is 13.2 Å². The van der Waals surface area contributed by atoms with Gasteiger partial charge in [-0.3, -0.25) is 14.7 Å².